The summed E-state index contributed by atoms with van der Waals surface area (Å²) in [5.41, 5.74) is 0.425. The van der Waals surface area contributed by atoms with Gasteiger partial charge in [0.25, 0.3) is 5.56 Å². The van der Waals surface area contributed by atoms with E-state index in [1.165, 1.54) is 11.6 Å². The van der Waals surface area contributed by atoms with Crippen molar-refractivity contribution in [2.24, 2.45) is 7.05 Å². The van der Waals surface area contributed by atoms with Gasteiger partial charge in [-0.2, -0.15) is 0 Å². The van der Waals surface area contributed by atoms with Gasteiger partial charge in [0.1, 0.15) is 5.75 Å². The zero-order valence-corrected chi connectivity index (χ0v) is 13.2. The van der Waals surface area contributed by atoms with Crippen molar-refractivity contribution in [2.75, 3.05) is 6.61 Å². The number of esters is 1. The van der Waals surface area contributed by atoms with E-state index >= 15 is 0 Å². The fraction of sp³-hybridized carbons (Fsp3) is 0.176. The monoisotopic (exact) mass is 325 g/mol. The molecule has 0 unspecified atom stereocenters. The number of pyridine rings is 1. The third-order valence-corrected chi connectivity index (χ3v) is 3.65. The van der Waals surface area contributed by atoms with E-state index in [0.29, 0.717) is 5.69 Å². The number of hydrogen-bond donors (Lipinski definition) is 1. The number of carbonyl (C=O) groups is 1. The van der Waals surface area contributed by atoms with Crippen LogP contribution < -0.4 is 5.56 Å². The van der Waals surface area contributed by atoms with E-state index in [9.17, 15) is 14.7 Å². The van der Waals surface area contributed by atoms with Crippen LogP contribution in [0.25, 0.3) is 22.3 Å². The molecule has 7 nitrogen and oxygen atoms in total. The Labute approximate surface area is 137 Å². The quantitative estimate of drug-likeness (QED) is 0.739. The Morgan fingerprint density at radius 2 is 1.96 bits per heavy atom. The lowest BCUT2D eigenvalue weighted by molar-refractivity contribution is 0.0520. The van der Waals surface area contributed by atoms with E-state index < -0.39 is 22.8 Å². The topological polar surface area (TPSA) is 94.3 Å². The molecular weight excluding hydrogens is 310 g/mol. The highest BCUT2D eigenvalue weighted by atomic mass is 16.5. The van der Waals surface area contributed by atoms with Gasteiger partial charge in [-0.15, -0.1) is 10.2 Å². The molecule has 3 aromatic rings. The minimum Gasteiger partial charge on any atom is -0.506 e. The van der Waals surface area contributed by atoms with Gasteiger partial charge in [0, 0.05) is 12.6 Å². The van der Waals surface area contributed by atoms with Crippen LogP contribution in [0.1, 0.15) is 17.3 Å². The van der Waals surface area contributed by atoms with Crippen LogP contribution in [0.5, 0.6) is 5.75 Å². The zero-order valence-electron chi connectivity index (χ0n) is 13.2. The molecule has 122 valence electrons. The van der Waals surface area contributed by atoms with Crippen LogP contribution in [-0.4, -0.2) is 32.4 Å². The maximum absolute atomic E-state index is 12.3. The molecule has 0 spiro atoms. The number of aromatic nitrogens is 3. The average Bonchev–Trinajstić information content (AvgIpc) is 2.60. The van der Waals surface area contributed by atoms with Crippen LogP contribution in [0, 0.1) is 0 Å². The lowest BCUT2D eigenvalue weighted by Crippen LogP contribution is -2.26. The van der Waals surface area contributed by atoms with E-state index in [0.717, 1.165) is 5.56 Å². The molecule has 0 atom stereocenters. The van der Waals surface area contributed by atoms with Gasteiger partial charge >= 0.3 is 5.97 Å². The van der Waals surface area contributed by atoms with Crippen molar-refractivity contribution in [2.45, 2.75) is 6.92 Å². The van der Waals surface area contributed by atoms with Crippen molar-refractivity contribution in [1.29, 1.82) is 0 Å². The fourth-order valence-corrected chi connectivity index (χ4v) is 2.44. The first-order valence-corrected chi connectivity index (χ1v) is 7.36. The van der Waals surface area contributed by atoms with E-state index in [-0.39, 0.29) is 17.6 Å². The third kappa shape index (κ3) is 2.50. The van der Waals surface area contributed by atoms with Crippen LogP contribution >= 0.6 is 0 Å². The maximum atomic E-state index is 12.3. The molecule has 7 heteroatoms. The summed E-state index contributed by atoms with van der Waals surface area (Å²) < 4.78 is 6.03. The van der Waals surface area contributed by atoms with Crippen LogP contribution in [0.2, 0.25) is 0 Å². The van der Waals surface area contributed by atoms with Crippen LogP contribution in [0.15, 0.2) is 41.2 Å². The predicted octanol–water partition coefficient (Wildman–Crippen LogP) is 1.88. The summed E-state index contributed by atoms with van der Waals surface area (Å²) in [7, 11) is 1.46. The SMILES string of the molecule is CCOC(=O)c1c(O)c2cc(-c3ccccc3)nnc2n(C)c1=O. The molecule has 0 aliphatic rings. The highest BCUT2D eigenvalue weighted by molar-refractivity contribution is 5.99. The lowest BCUT2D eigenvalue weighted by atomic mass is 10.1. The summed E-state index contributed by atoms with van der Waals surface area (Å²) in [6, 6.07) is 10.9. The highest BCUT2D eigenvalue weighted by Crippen LogP contribution is 2.28. The summed E-state index contributed by atoms with van der Waals surface area (Å²) in [6.07, 6.45) is 0. The lowest BCUT2D eigenvalue weighted by Gasteiger charge is -2.11. The fourth-order valence-electron chi connectivity index (χ4n) is 2.44. The summed E-state index contributed by atoms with van der Waals surface area (Å²) in [6.45, 7) is 1.72. The van der Waals surface area contributed by atoms with E-state index in [4.69, 9.17) is 4.74 Å². The van der Waals surface area contributed by atoms with Gasteiger partial charge in [0.15, 0.2) is 11.2 Å². The molecule has 0 aliphatic heterocycles. The van der Waals surface area contributed by atoms with Crippen LogP contribution in [0.4, 0.5) is 0 Å². The molecular formula is C17H15N3O4. The first kappa shape index (κ1) is 15.7. The van der Waals surface area contributed by atoms with E-state index in [2.05, 4.69) is 10.2 Å². The first-order chi connectivity index (χ1) is 11.5. The number of fused-ring (bicyclic) bond motifs is 1. The standard InChI is InChI=1S/C17H15N3O4/c1-3-24-17(23)13-14(21)11-9-12(10-7-5-4-6-8-10)18-19-15(11)20(2)16(13)22/h4-9,21H,3H2,1-2H3. The Balaban J connectivity index is 2.29. The summed E-state index contributed by atoms with van der Waals surface area (Å²) in [5, 5.41) is 18.8. The zero-order chi connectivity index (χ0) is 17.3. The summed E-state index contributed by atoms with van der Waals surface area (Å²) in [4.78, 5) is 24.3. The Bertz CT molecular complexity index is 981. The van der Waals surface area contributed by atoms with Crippen molar-refractivity contribution >= 4 is 17.0 Å². The molecule has 0 amide bonds. The third-order valence-electron chi connectivity index (χ3n) is 3.65. The highest BCUT2D eigenvalue weighted by Gasteiger charge is 2.23. The molecule has 2 aromatic heterocycles. The second-order valence-corrected chi connectivity index (χ2v) is 5.14. The molecule has 0 bridgehead atoms. The van der Waals surface area contributed by atoms with Crippen molar-refractivity contribution in [3.8, 4) is 17.0 Å². The normalized spacial score (nSPS) is 10.8. The number of aryl methyl sites for hydroxylation is 1. The van der Waals surface area contributed by atoms with Gasteiger partial charge in [0.05, 0.1) is 17.7 Å². The molecule has 1 aromatic carbocycles. The van der Waals surface area contributed by atoms with Gasteiger partial charge in [-0.05, 0) is 13.0 Å². The van der Waals surface area contributed by atoms with Gasteiger partial charge in [0.2, 0.25) is 0 Å². The average molecular weight is 325 g/mol. The summed E-state index contributed by atoms with van der Waals surface area (Å²) >= 11 is 0. The second kappa shape index (κ2) is 6.11. The van der Waals surface area contributed by atoms with Gasteiger partial charge in [-0.1, -0.05) is 30.3 Å². The maximum Gasteiger partial charge on any atom is 0.347 e. The molecule has 2 heterocycles. The summed E-state index contributed by atoms with van der Waals surface area (Å²) in [5.74, 6) is -1.31. The second-order valence-electron chi connectivity index (χ2n) is 5.14. The number of nitrogens with zero attached hydrogens (tertiary/aromatic N) is 3. The Kier molecular flexibility index (Phi) is 3.99. The van der Waals surface area contributed by atoms with Crippen LogP contribution in [-0.2, 0) is 11.8 Å². The van der Waals surface area contributed by atoms with Gasteiger partial charge < -0.3 is 9.84 Å². The van der Waals surface area contributed by atoms with Gasteiger partial charge in [-0.3, -0.25) is 9.36 Å². The molecule has 0 aliphatic carbocycles. The number of carbonyl (C=O) groups excluding carboxylic acids is 1. The molecule has 0 radical (unpaired) electrons. The number of rotatable bonds is 3. The minimum atomic E-state index is -0.865. The van der Waals surface area contributed by atoms with Crippen molar-refractivity contribution in [3.05, 3.63) is 52.3 Å². The molecule has 0 saturated heterocycles. The van der Waals surface area contributed by atoms with Crippen molar-refractivity contribution < 1.29 is 14.6 Å². The molecule has 1 N–H and O–H groups in total. The van der Waals surface area contributed by atoms with Crippen molar-refractivity contribution in [1.82, 2.24) is 14.8 Å². The number of hydrogen-bond acceptors (Lipinski definition) is 6. The predicted molar refractivity (Wildman–Crippen MR) is 87.8 cm³/mol. The largest absolute Gasteiger partial charge is 0.506 e. The number of benzene rings is 1. The molecule has 0 fully saturated rings. The van der Waals surface area contributed by atoms with Gasteiger partial charge in [-0.25, -0.2) is 4.79 Å². The Morgan fingerprint density at radius 1 is 1.25 bits per heavy atom. The number of aromatic hydroxyl groups is 1. The molecule has 24 heavy (non-hydrogen) atoms. The Hall–Kier alpha value is -3.22. The van der Waals surface area contributed by atoms with Crippen LogP contribution in [0.3, 0.4) is 0 Å². The molecule has 0 saturated carbocycles. The van der Waals surface area contributed by atoms with Crippen molar-refractivity contribution in [3.63, 3.8) is 0 Å². The number of ether oxygens (including phenoxy) is 1. The molecule has 3 rings (SSSR count). The smallest absolute Gasteiger partial charge is 0.347 e. The van der Waals surface area contributed by atoms with E-state index in [1.54, 1.807) is 13.0 Å². The van der Waals surface area contributed by atoms with E-state index in [1.807, 2.05) is 30.3 Å². The Morgan fingerprint density at radius 3 is 2.62 bits per heavy atom. The minimum absolute atomic E-state index is 0.101. The first-order valence-electron chi connectivity index (χ1n) is 7.36.